The van der Waals surface area contributed by atoms with Crippen LogP contribution in [0.2, 0.25) is 0 Å². The minimum absolute atomic E-state index is 0.328. The minimum atomic E-state index is -0.436. The molecule has 0 unspecified atom stereocenters. The number of benzene rings is 2. The lowest BCUT2D eigenvalue weighted by Gasteiger charge is -2.11. The summed E-state index contributed by atoms with van der Waals surface area (Å²) < 4.78 is 11.2. The van der Waals surface area contributed by atoms with E-state index in [1.165, 1.54) is 11.3 Å². The smallest absolute Gasteiger partial charge is 0.353 e. The van der Waals surface area contributed by atoms with Crippen molar-refractivity contribution in [3.8, 4) is 17.6 Å². The molecule has 1 N–H and O–H groups in total. The lowest BCUT2D eigenvalue weighted by molar-refractivity contribution is 0.0733. The van der Waals surface area contributed by atoms with Crippen molar-refractivity contribution in [2.75, 3.05) is 6.61 Å². The Labute approximate surface area is 177 Å². The number of fused-ring (bicyclic) bond motifs is 1. The average molecular weight is 415 g/mol. The molecule has 0 spiro atoms. The van der Waals surface area contributed by atoms with Crippen LogP contribution in [0.3, 0.4) is 0 Å². The second kappa shape index (κ2) is 8.64. The number of nitrogens with zero attached hydrogens (tertiary/aromatic N) is 2. The van der Waals surface area contributed by atoms with Gasteiger partial charge in [-0.15, -0.1) is 11.3 Å². The second-order valence-corrected chi connectivity index (χ2v) is 7.23. The first-order valence-electron chi connectivity index (χ1n) is 9.27. The number of nitrogens with one attached hydrogen (secondary N) is 1. The van der Waals surface area contributed by atoms with Crippen LogP contribution >= 0.6 is 11.3 Å². The summed E-state index contributed by atoms with van der Waals surface area (Å²) in [6, 6.07) is 18.4. The van der Waals surface area contributed by atoms with Crippen LogP contribution in [-0.2, 0) is 0 Å². The number of para-hydroxylation sites is 2. The molecule has 2 heterocycles. The third-order valence-corrected chi connectivity index (χ3v) is 5.12. The fourth-order valence-corrected chi connectivity index (χ4v) is 3.51. The predicted octanol–water partition coefficient (Wildman–Crippen LogP) is 5.31. The highest BCUT2D eigenvalue weighted by atomic mass is 32.1. The van der Waals surface area contributed by atoms with Crippen molar-refractivity contribution in [1.29, 1.82) is 5.26 Å². The Morgan fingerprint density at radius 2 is 2.07 bits per heavy atom. The van der Waals surface area contributed by atoms with E-state index in [1.807, 2.05) is 36.6 Å². The molecule has 0 atom stereocenters. The predicted molar refractivity (Wildman–Crippen MR) is 116 cm³/mol. The van der Waals surface area contributed by atoms with Gasteiger partial charge in [-0.3, -0.25) is 0 Å². The second-order valence-electron chi connectivity index (χ2n) is 6.28. The number of imidazole rings is 1. The Hall–Kier alpha value is -3.89. The SMILES string of the molecule is CCOc1cc(/C=C(\C#N)c2nc3ccccc3[nH]2)ccc1OC(=O)c1cccs1. The number of rotatable bonds is 6. The summed E-state index contributed by atoms with van der Waals surface area (Å²) in [6.45, 7) is 2.26. The molecule has 0 radical (unpaired) electrons. The van der Waals surface area contributed by atoms with Gasteiger partial charge in [-0.25, -0.2) is 9.78 Å². The van der Waals surface area contributed by atoms with E-state index in [4.69, 9.17) is 9.47 Å². The maximum atomic E-state index is 12.3. The number of thiophene rings is 1. The summed E-state index contributed by atoms with van der Waals surface area (Å²) in [4.78, 5) is 20.4. The lowest BCUT2D eigenvalue weighted by atomic mass is 10.1. The zero-order valence-electron chi connectivity index (χ0n) is 16.1. The molecule has 0 fully saturated rings. The van der Waals surface area contributed by atoms with Crippen molar-refractivity contribution in [1.82, 2.24) is 9.97 Å². The van der Waals surface area contributed by atoms with Gasteiger partial charge in [0.05, 0.1) is 23.2 Å². The Morgan fingerprint density at radius 3 is 2.80 bits per heavy atom. The van der Waals surface area contributed by atoms with Crippen LogP contribution in [0.5, 0.6) is 11.5 Å². The van der Waals surface area contributed by atoms with E-state index in [1.54, 1.807) is 36.4 Å². The Balaban J connectivity index is 1.65. The van der Waals surface area contributed by atoms with E-state index in [0.29, 0.717) is 34.4 Å². The molecule has 2 aromatic heterocycles. The van der Waals surface area contributed by atoms with Gasteiger partial charge >= 0.3 is 5.97 Å². The highest BCUT2D eigenvalue weighted by Crippen LogP contribution is 2.31. The zero-order valence-corrected chi connectivity index (χ0v) is 16.9. The van der Waals surface area contributed by atoms with Crippen LogP contribution in [0.4, 0.5) is 0 Å². The van der Waals surface area contributed by atoms with Gasteiger partial charge in [0.1, 0.15) is 16.8 Å². The van der Waals surface area contributed by atoms with Gasteiger partial charge in [-0.05, 0) is 54.3 Å². The molecule has 0 aliphatic heterocycles. The highest BCUT2D eigenvalue weighted by molar-refractivity contribution is 7.12. The van der Waals surface area contributed by atoms with Gasteiger partial charge < -0.3 is 14.5 Å². The topological polar surface area (TPSA) is 88.0 Å². The minimum Gasteiger partial charge on any atom is -0.490 e. The number of carbonyl (C=O) groups excluding carboxylic acids is 1. The fourth-order valence-electron chi connectivity index (χ4n) is 2.91. The number of aromatic nitrogens is 2. The van der Waals surface area contributed by atoms with E-state index in [0.717, 1.165) is 16.6 Å². The summed E-state index contributed by atoms with van der Waals surface area (Å²) in [5, 5.41) is 11.5. The standard InChI is InChI=1S/C23H17N3O3S/c1-2-28-20-13-15(9-10-19(20)29-23(27)21-8-5-11-30-21)12-16(14-24)22-25-17-6-3-4-7-18(17)26-22/h3-13H,2H2,1H3,(H,25,26)/b16-12+. The van der Waals surface area contributed by atoms with Crippen LogP contribution in [0.15, 0.2) is 60.0 Å². The van der Waals surface area contributed by atoms with Crippen molar-refractivity contribution in [3.63, 3.8) is 0 Å². The van der Waals surface area contributed by atoms with Gasteiger partial charge in [0.25, 0.3) is 0 Å². The van der Waals surface area contributed by atoms with Crippen LogP contribution in [0.1, 0.15) is 28.0 Å². The summed E-state index contributed by atoms with van der Waals surface area (Å²) in [6.07, 6.45) is 1.71. The molecule has 7 heteroatoms. The van der Waals surface area contributed by atoms with Crippen LogP contribution in [0.25, 0.3) is 22.7 Å². The van der Waals surface area contributed by atoms with Crippen molar-refractivity contribution in [3.05, 3.63) is 76.2 Å². The molecule has 0 bridgehead atoms. The van der Waals surface area contributed by atoms with Crippen LogP contribution in [0, 0.1) is 11.3 Å². The van der Waals surface area contributed by atoms with Gasteiger partial charge in [0, 0.05) is 0 Å². The molecule has 4 rings (SSSR count). The molecule has 0 aliphatic rings. The van der Waals surface area contributed by atoms with E-state index in [-0.39, 0.29) is 0 Å². The number of nitriles is 1. The third kappa shape index (κ3) is 4.09. The molecular formula is C23H17N3O3S. The molecule has 0 amide bonds. The molecule has 0 saturated carbocycles. The van der Waals surface area contributed by atoms with Crippen LogP contribution in [-0.4, -0.2) is 22.5 Å². The van der Waals surface area contributed by atoms with E-state index in [9.17, 15) is 10.1 Å². The molecular weight excluding hydrogens is 398 g/mol. The Morgan fingerprint density at radius 1 is 1.20 bits per heavy atom. The van der Waals surface area contributed by atoms with Crippen molar-refractivity contribution >= 4 is 40.0 Å². The molecule has 4 aromatic rings. The van der Waals surface area contributed by atoms with E-state index >= 15 is 0 Å². The maximum absolute atomic E-state index is 12.3. The molecule has 148 valence electrons. The summed E-state index contributed by atoms with van der Waals surface area (Å²) in [5.41, 5.74) is 2.77. The first kappa shape index (κ1) is 19.4. The van der Waals surface area contributed by atoms with E-state index in [2.05, 4.69) is 16.0 Å². The van der Waals surface area contributed by atoms with Crippen molar-refractivity contribution in [2.45, 2.75) is 6.92 Å². The number of carbonyl (C=O) groups is 1. The first-order chi connectivity index (χ1) is 14.7. The fraction of sp³-hybridized carbons (Fsp3) is 0.0870. The number of esters is 1. The van der Waals surface area contributed by atoms with Crippen molar-refractivity contribution < 1.29 is 14.3 Å². The summed E-state index contributed by atoms with van der Waals surface area (Å²) >= 11 is 1.31. The zero-order chi connectivity index (χ0) is 20.9. The van der Waals surface area contributed by atoms with Gasteiger partial charge in [0.15, 0.2) is 11.5 Å². The highest BCUT2D eigenvalue weighted by Gasteiger charge is 2.14. The first-order valence-corrected chi connectivity index (χ1v) is 10.2. The van der Waals surface area contributed by atoms with Crippen LogP contribution < -0.4 is 9.47 Å². The number of ether oxygens (including phenoxy) is 2. The molecule has 2 aromatic carbocycles. The molecule has 30 heavy (non-hydrogen) atoms. The number of hydrogen-bond donors (Lipinski definition) is 1. The molecule has 0 aliphatic carbocycles. The van der Waals surface area contributed by atoms with E-state index < -0.39 is 5.97 Å². The Bertz CT molecular complexity index is 1230. The Kier molecular flexibility index (Phi) is 5.59. The van der Waals surface area contributed by atoms with Gasteiger partial charge in [-0.1, -0.05) is 24.3 Å². The molecule has 0 saturated heterocycles. The summed E-state index contributed by atoms with van der Waals surface area (Å²) in [5.74, 6) is 0.812. The normalized spacial score (nSPS) is 11.3. The maximum Gasteiger partial charge on any atom is 0.353 e. The largest absolute Gasteiger partial charge is 0.490 e. The average Bonchev–Trinajstić information content (AvgIpc) is 3.43. The number of aromatic amines is 1. The quantitative estimate of drug-likeness (QED) is 0.262. The summed E-state index contributed by atoms with van der Waals surface area (Å²) in [7, 11) is 0. The number of H-pyrrole nitrogens is 1. The lowest BCUT2D eigenvalue weighted by Crippen LogP contribution is -2.08. The van der Waals surface area contributed by atoms with Gasteiger partial charge in [0.2, 0.25) is 0 Å². The van der Waals surface area contributed by atoms with Gasteiger partial charge in [-0.2, -0.15) is 5.26 Å². The monoisotopic (exact) mass is 415 g/mol. The van der Waals surface area contributed by atoms with Crippen molar-refractivity contribution in [2.24, 2.45) is 0 Å². The third-order valence-electron chi connectivity index (χ3n) is 4.27. The number of allylic oxidation sites excluding steroid dienone is 1. The number of hydrogen-bond acceptors (Lipinski definition) is 6. The molecule has 6 nitrogen and oxygen atoms in total.